The van der Waals surface area contributed by atoms with Crippen LogP contribution in [0.2, 0.25) is 5.02 Å². The summed E-state index contributed by atoms with van der Waals surface area (Å²) in [6.07, 6.45) is 2.02. The highest BCUT2D eigenvalue weighted by Gasteiger charge is 2.16. The SMILES string of the molecule is Cc1ccc(Cn2c[n+](C)c(-c3ccc(Cl)cc3)n2)c(C)c1. The number of hydrogen-bond donors (Lipinski definition) is 0. The molecule has 0 radical (unpaired) electrons. The maximum atomic E-state index is 5.95. The topological polar surface area (TPSA) is 21.7 Å². The van der Waals surface area contributed by atoms with E-state index in [-0.39, 0.29) is 0 Å². The summed E-state index contributed by atoms with van der Waals surface area (Å²) in [6, 6.07) is 14.3. The standard InChI is InChI=1S/C18H19ClN3/c1-13-4-5-16(14(2)10-13)11-22-12-21(3)18(20-22)15-6-8-17(19)9-7-15/h4-10,12H,11H2,1-3H3/q+1. The lowest BCUT2D eigenvalue weighted by Crippen LogP contribution is -2.28. The van der Waals surface area contributed by atoms with E-state index in [0.29, 0.717) is 0 Å². The zero-order valence-electron chi connectivity index (χ0n) is 13.0. The van der Waals surface area contributed by atoms with Crippen molar-refractivity contribution in [1.82, 2.24) is 9.78 Å². The Labute approximate surface area is 135 Å². The first-order valence-electron chi connectivity index (χ1n) is 7.28. The number of aromatic nitrogens is 3. The highest BCUT2D eigenvalue weighted by atomic mass is 35.5. The summed E-state index contributed by atoms with van der Waals surface area (Å²) in [4.78, 5) is 0. The van der Waals surface area contributed by atoms with Crippen LogP contribution in [0.4, 0.5) is 0 Å². The van der Waals surface area contributed by atoms with Crippen molar-refractivity contribution in [2.75, 3.05) is 0 Å². The molecule has 3 aromatic rings. The largest absolute Gasteiger partial charge is 0.308 e. The molecule has 0 amide bonds. The lowest BCUT2D eigenvalue weighted by atomic mass is 10.1. The van der Waals surface area contributed by atoms with Gasteiger partial charge in [-0.2, -0.15) is 0 Å². The third-order valence-corrected chi connectivity index (χ3v) is 4.05. The van der Waals surface area contributed by atoms with Crippen LogP contribution in [0.15, 0.2) is 48.8 Å². The molecule has 0 saturated carbocycles. The lowest BCUT2D eigenvalue weighted by Gasteiger charge is -2.03. The van der Waals surface area contributed by atoms with Gasteiger partial charge in [0.1, 0.15) is 6.54 Å². The van der Waals surface area contributed by atoms with Gasteiger partial charge in [0.2, 0.25) is 6.33 Å². The summed E-state index contributed by atoms with van der Waals surface area (Å²) >= 11 is 5.95. The first-order chi connectivity index (χ1) is 10.5. The molecule has 1 heterocycles. The number of nitrogens with zero attached hydrogens (tertiary/aromatic N) is 3. The second kappa shape index (κ2) is 5.93. The lowest BCUT2D eigenvalue weighted by molar-refractivity contribution is -0.661. The first-order valence-corrected chi connectivity index (χ1v) is 7.66. The monoisotopic (exact) mass is 312 g/mol. The molecule has 0 spiro atoms. The highest BCUT2D eigenvalue weighted by molar-refractivity contribution is 6.30. The van der Waals surface area contributed by atoms with Gasteiger partial charge in [0.25, 0.3) is 0 Å². The third-order valence-electron chi connectivity index (χ3n) is 3.80. The number of rotatable bonds is 3. The Hall–Kier alpha value is -2.13. The Morgan fingerprint density at radius 1 is 1.09 bits per heavy atom. The van der Waals surface area contributed by atoms with Crippen LogP contribution < -0.4 is 4.57 Å². The minimum Gasteiger partial charge on any atom is -0.233 e. The van der Waals surface area contributed by atoms with Crippen LogP contribution in [0, 0.1) is 13.8 Å². The summed E-state index contributed by atoms with van der Waals surface area (Å²) < 4.78 is 4.01. The number of aryl methyl sites for hydroxylation is 3. The van der Waals surface area contributed by atoms with Crippen molar-refractivity contribution in [2.45, 2.75) is 20.4 Å². The quantitative estimate of drug-likeness (QED) is 0.676. The smallest absolute Gasteiger partial charge is 0.233 e. The van der Waals surface area contributed by atoms with Gasteiger partial charge in [-0.1, -0.05) is 35.4 Å². The number of benzene rings is 2. The molecular formula is C18H19ClN3+. The maximum Gasteiger partial charge on any atom is 0.308 e. The van der Waals surface area contributed by atoms with E-state index in [2.05, 4.69) is 32.0 Å². The van der Waals surface area contributed by atoms with Crippen LogP contribution >= 0.6 is 11.6 Å². The summed E-state index contributed by atoms with van der Waals surface area (Å²) in [5.74, 6) is 0.932. The van der Waals surface area contributed by atoms with E-state index in [0.717, 1.165) is 23.0 Å². The van der Waals surface area contributed by atoms with Crippen LogP contribution in [0.3, 0.4) is 0 Å². The Kier molecular flexibility index (Phi) is 3.99. The van der Waals surface area contributed by atoms with Gasteiger partial charge in [0, 0.05) is 10.1 Å². The molecule has 0 N–H and O–H groups in total. The molecule has 0 saturated heterocycles. The molecule has 0 aliphatic heterocycles. The predicted octanol–water partition coefficient (Wildman–Crippen LogP) is 3.69. The summed E-state index contributed by atoms with van der Waals surface area (Å²) in [7, 11) is 2.01. The Morgan fingerprint density at radius 2 is 1.82 bits per heavy atom. The molecule has 0 unspecified atom stereocenters. The van der Waals surface area contributed by atoms with E-state index in [1.165, 1.54) is 16.7 Å². The molecule has 3 nitrogen and oxygen atoms in total. The van der Waals surface area contributed by atoms with Gasteiger partial charge in [-0.05, 0) is 49.2 Å². The average molecular weight is 313 g/mol. The number of halogens is 1. The molecule has 0 aliphatic rings. The van der Waals surface area contributed by atoms with Crippen molar-refractivity contribution >= 4 is 11.6 Å². The van der Waals surface area contributed by atoms with Crippen molar-refractivity contribution in [3.05, 3.63) is 70.5 Å². The van der Waals surface area contributed by atoms with Crippen molar-refractivity contribution < 1.29 is 4.57 Å². The van der Waals surface area contributed by atoms with E-state index in [1.54, 1.807) is 0 Å². The summed E-state index contributed by atoms with van der Waals surface area (Å²) in [5.41, 5.74) is 4.93. The Bertz CT molecular complexity index is 804. The van der Waals surface area contributed by atoms with Gasteiger partial charge in [-0.25, -0.2) is 4.57 Å². The highest BCUT2D eigenvalue weighted by Crippen LogP contribution is 2.17. The number of hydrogen-bond acceptors (Lipinski definition) is 1. The molecule has 3 rings (SSSR count). The van der Waals surface area contributed by atoms with Crippen molar-refractivity contribution in [1.29, 1.82) is 0 Å². The van der Waals surface area contributed by atoms with Crippen molar-refractivity contribution in [2.24, 2.45) is 7.05 Å². The van der Waals surface area contributed by atoms with E-state index in [9.17, 15) is 0 Å². The second-order valence-electron chi connectivity index (χ2n) is 5.68. The summed E-state index contributed by atoms with van der Waals surface area (Å²) in [5, 5.41) is 5.44. The van der Waals surface area contributed by atoms with Gasteiger partial charge in [-0.3, -0.25) is 0 Å². The molecule has 0 bridgehead atoms. The first kappa shape index (κ1) is 14.8. The van der Waals surface area contributed by atoms with Crippen molar-refractivity contribution in [3.8, 4) is 11.4 Å². The van der Waals surface area contributed by atoms with E-state index in [4.69, 9.17) is 16.7 Å². The van der Waals surface area contributed by atoms with E-state index in [1.807, 2.05) is 46.9 Å². The Balaban J connectivity index is 1.90. The molecule has 0 aliphatic carbocycles. The van der Waals surface area contributed by atoms with Crippen LogP contribution in [-0.2, 0) is 13.6 Å². The van der Waals surface area contributed by atoms with Gasteiger partial charge in [-0.15, -0.1) is 4.68 Å². The normalized spacial score (nSPS) is 10.9. The van der Waals surface area contributed by atoms with Crippen molar-refractivity contribution in [3.63, 3.8) is 0 Å². The van der Waals surface area contributed by atoms with E-state index >= 15 is 0 Å². The zero-order chi connectivity index (χ0) is 15.7. The van der Waals surface area contributed by atoms with Gasteiger partial charge in [0.15, 0.2) is 0 Å². The van der Waals surface area contributed by atoms with Crippen LogP contribution in [0.25, 0.3) is 11.4 Å². The Morgan fingerprint density at radius 3 is 2.50 bits per heavy atom. The summed E-state index contributed by atoms with van der Waals surface area (Å²) in [6.45, 7) is 5.03. The van der Waals surface area contributed by atoms with Crippen LogP contribution in [0.1, 0.15) is 16.7 Å². The molecule has 2 aromatic carbocycles. The third kappa shape index (κ3) is 3.04. The van der Waals surface area contributed by atoms with Crippen LogP contribution in [0.5, 0.6) is 0 Å². The molecule has 0 atom stereocenters. The molecule has 4 heteroatoms. The molecular weight excluding hydrogens is 294 g/mol. The maximum absolute atomic E-state index is 5.95. The van der Waals surface area contributed by atoms with Crippen LogP contribution in [-0.4, -0.2) is 9.78 Å². The minimum atomic E-state index is 0.737. The minimum absolute atomic E-state index is 0.737. The fourth-order valence-electron chi connectivity index (χ4n) is 2.61. The molecule has 112 valence electrons. The van der Waals surface area contributed by atoms with Gasteiger partial charge in [0.05, 0.1) is 12.6 Å². The zero-order valence-corrected chi connectivity index (χ0v) is 13.8. The molecule has 1 aromatic heterocycles. The average Bonchev–Trinajstić information content (AvgIpc) is 2.84. The van der Waals surface area contributed by atoms with E-state index < -0.39 is 0 Å². The fourth-order valence-corrected chi connectivity index (χ4v) is 2.73. The second-order valence-corrected chi connectivity index (χ2v) is 6.12. The van der Waals surface area contributed by atoms with Gasteiger partial charge >= 0.3 is 5.82 Å². The molecule has 22 heavy (non-hydrogen) atoms. The molecule has 0 fully saturated rings. The predicted molar refractivity (Wildman–Crippen MR) is 88.9 cm³/mol. The van der Waals surface area contributed by atoms with Gasteiger partial charge < -0.3 is 0 Å². The fraction of sp³-hybridized carbons (Fsp3) is 0.222.